The number of aryl methyl sites for hydroxylation is 1. The molecule has 1 rings (SSSR count). The Balaban J connectivity index is 2.48. The maximum Gasteiger partial charge on any atom is 0.405 e. The second-order valence-electron chi connectivity index (χ2n) is 5.54. The van der Waals surface area contributed by atoms with Crippen molar-refractivity contribution in [2.24, 2.45) is 0 Å². The molecule has 0 aromatic heterocycles. The third-order valence-electron chi connectivity index (χ3n) is 3.41. The van der Waals surface area contributed by atoms with E-state index in [9.17, 15) is 27.6 Å². The number of methoxy groups -OCH3 is 3. The minimum absolute atomic E-state index is 0.105. The van der Waals surface area contributed by atoms with Crippen LogP contribution in [0.3, 0.4) is 0 Å². The summed E-state index contributed by atoms with van der Waals surface area (Å²) in [5.41, 5.74) is 0.674. The zero-order chi connectivity index (χ0) is 22.0. The van der Waals surface area contributed by atoms with Crippen molar-refractivity contribution in [2.45, 2.75) is 19.0 Å². The Labute approximate surface area is 164 Å². The number of nitrogens with one attached hydrogen (secondary N) is 2. The van der Waals surface area contributed by atoms with Crippen LogP contribution >= 0.6 is 0 Å². The Hall–Kier alpha value is -3.18. The predicted octanol–water partition coefficient (Wildman–Crippen LogP) is 1.58. The standard InChI is InChI=1S/C17H21F3N2O7/c1-26-11-6-10(7-12(27-2)15(11)28-3)4-5-14(24)29-8-13(23)22-16(25)21-9-17(18,19)20/h6-7H,4-5,8-9H2,1-3H3,(H2,21,22,23,25). The van der Waals surface area contributed by atoms with Crippen molar-refractivity contribution in [3.63, 3.8) is 0 Å². The van der Waals surface area contributed by atoms with Gasteiger partial charge in [0.2, 0.25) is 5.75 Å². The molecule has 0 saturated heterocycles. The molecule has 12 heteroatoms. The molecular formula is C17H21F3N2O7. The number of hydrogen-bond donors (Lipinski definition) is 2. The van der Waals surface area contributed by atoms with E-state index in [-0.39, 0.29) is 12.8 Å². The van der Waals surface area contributed by atoms with Crippen molar-refractivity contribution in [1.82, 2.24) is 10.6 Å². The third-order valence-corrected chi connectivity index (χ3v) is 3.41. The largest absolute Gasteiger partial charge is 0.493 e. The number of ether oxygens (including phenoxy) is 4. The number of carbonyl (C=O) groups is 3. The minimum atomic E-state index is -4.61. The van der Waals surface area contributed by atoms with Gasteiger partial charge >= 0.3 is 18.2 Å². The maximum absolute atomic E-state index is 12.0. The van der Waals surface area contributed by atoms with E-state index in [4.69, 9.17) is 14.2 Å². The van der Waals surface area contributed by atoms with E-state index in [1.54, 1.807) is 17.4 Å². The number of halogens is 3. The fourth-order valence-corrected chi connectivity index (χ4v) is 2.13. The molecule has 0 radical (unpaired) electrons. The van der Waals surface area contributed by atoms with Crippen LogP contribution < -0.4 is 24.8 Å². The molecule has 0 bridgehead atoms. The summed E-state index contributed by atoms with van der Waals surface area (Å²) in [5.74, 6) is -0.615. The fraction of sp³-hybridized carbons (Fsp3) is 0.471. The van der Waals surface area contributed by atoms with E-state index in [0.29, 0.717) is 22.8 Å². The topological polar surface area (TPSA) is 112 Å². The molecule has 0 heterocycles. The highest BCUT2D eigenvalue weighted by Gasteiger charge is 2.28. The van der Waals surface area contributed by atoms with E-state index in [1.807, 2.05) is 0 Å². The molecule has 0 aliphatic carbocycles. The van der Waals surface area contributed by atoms with Crippen LogP contribution in [0.25, 0.3) is 0 Å². The van der Waals surface area contributed by atoms with Gasteiger partial charge in [-0.1, -0.05) is 0 Å². The smallest absolute Gasteiger partial charge is 0.405 e. The lowest BCUT2D eigenvalue weighted by molar-refractivity contribution is -0.148. The van der Waals surface area contributed by atoms with Gasteiger partial charge in [0, 0.05) is 6.42 Å². The number of esters is 1. The lowest BCUT2D eigenvalue weighted by Crippen LogP contribution is -2.44. The monoisotopic (exact) mass is 422 g/mol. The highest BCUT2D eigenvalue weighted by atomic mass is 19.4. The van der Waals surface area contributed by atoms with Crippen LogP contribution in [0.2, 0.25) is 0 Å². The highest BCUT2D eigenvalue weighted by Crippen LogP contribution is 2.38. The molecule has 0 unspecified atom stereocenters. The minimum Gasteiger partial charge on any atom is -0.493 e. The third kappa shape index (κ3) is 8.58. The number of benzene rings is 1. The van der Waals surface area contributed by atoms with Gasteiger partial charge in [-0.25, -0.2) is 4.79 Å². The predicted molar refractivity (Wildman–Crippen MR) is 93.0 cm³/mol. The highest BCUT2D eigenvalue weighted by molar-refractivity contribution is 5.95. The molecule has 9 nitrogen and oxygen atoms in total. The van der Waals surface area contributed by atoms with Crippen LogP contribution in [0, 0.1) is 0 Å². The zero-order valence-corrected chi connectivity index (χ0v) is 16.0. The summed E-state index contributed by atoms with van der Waals surface area (Å²) in [6, 6.07) is 1.94. The van der Waals surface area contributed by atoms with Crippen molar-refractivity contribution in [2.75, 3.05) is 34.5 Å². The van der Waals surface area contributed by atoms with E-state index in [0.717, 1.165) is 0 Å². The van der Waals surface area contributed by atoms with Crippen LogP contribution in [-0.2, 0) is 20.7 Å². The summed E-state index contributed by atoms with van der Waals surface area (Å²) < 4.78 is 56.1. The van der Waals surface area contributed by atoms with Gasteiger partial charge in [0.25, 0.3) is 5.91 Å². The number of carbonyl (C=O) groups excluding carboxylic acids is 3. The average molecular weight is 422 g/mol. The molecule has 29 heavy (non-hydrogen) atoms. The van der Waals surface area contributed by atoms with Gasteiger partial charge in [0.15, 0.2) is 18.1 Å². The second-order valence-corrected chi connectivity index (χ2v) is 5.54. The first-order chi connectivity index (χ1) is 13.6. The number of hydrogen-bond acceptors (Lipinski definition) is 7. The second kappa shape index (κ2) is 11.0. The first-order valence-electron chi connectivity index (χ1n) is 8.18. The Bertz CT molecular complexity index is 713. The Morgan fingerprint density at radius 2 is 1.59 bits per heavy atom. The van der Waals surface area contributed by atoms with Gasteiger partial charge in [0.05, 0.1) is 21.3 Å². The normalized spacial score (nSPS) is 10.7. The molecule has 2 N–H and O–H groups in total. The Morgan fingerprint density at radius 1 is 1.00 bits per heavy atom. The summed E-state index contributed by atoms with van der Waals surface area (Å²) in [6.45, 7) is -2.41. The van der Waals surface area contributed by atoms with Gasteiger partial charge < -0.3 is 24.3 Å². The molecule has 0 saturated carbocycles. The lowest BCUT2D eigenvalue weighted by atomic mass is 10.1. The fourth-order valence-electron chi connectivity index (χ4n) is 2.13. The van der Waals surface area contributed by atoms with Crippen molar-refractivity contribution in [3.8, 4) is 17.2 Å². The van der Waals surface area contributed by atoms with E-state index >= 15 is 0 Å². The molecule has 0 fully saturated rings. The van der Waals surface area contributed by atoms with Crippen LogP contribution in [0.15, 0.2) is 12.1 Å². The van der Waals surface area contributed by atoms with Crippen molar-refractivity contribution in [1.29, 1.82) is 0 Å². The molecule has 0 spiro atoms. The van der Waals surface area contributed by atoms with Crippen LogP contribution in [-0.4, -0.2) is 58.6 Å². The van der Waals surface area contributed by atoms with Gasteiger partial charge in [-0.05, 0) is 24.1 Å². The summed E-state index contributed by atoms with van der Waals surface area (Å²) >= 11 is 0. The van der Waals surface area contributed by atoms with Crippen LogP contribution in [0.5, 0.6) is 17.2 Å². The lowest BCUT2D eigenvalue weighted by Gasteiger charge is -2.14. The Kier molecular flexibility index (Phi) is 9.03. The summed E-state index contributed by atoms with van der Waals surface area (Å²) in [7, 11) is 4.34. The quantitative estimate of drug-likeness (QED) is 0.581. The molecule has 1 aromatic rings. The molecule has 162 valence electrons. The maximum atomic E-state index is 12.0. The summed E-state index contributed by atoms with van der Waals surface area (Å²) in [5, 5.41) is 3.06. The number of alkyl halides is 3. The van der Waals surface area contributed by atoms with Crippen LogP contribution in [0.4, 0.5) is 18.0 Å². The first kappa shape index (κ1) is 23.9. The number of amides is 3. The van der Waals surface area contributed by atoms with Crippen molar-refractivity contribution < 1.29 is 46.5 Å². The van der Waals surface area contributed by atoms with Crippen molar-refractivity contribution in [3.05, 3.63) is 17.7 Å². The average Bonchev–Trinajstić information content (AvgIpc) is 2.67. The first-order valence-corrected chi connectivity index (χ1v) is 8.18. The van der Waals surface area contributed by atoms with E-state index in [2.05, 4.69) is 4.74 Å². The van der Waals surface area contributed by atoms with Gasteiger partial charge in [-0.2, -0.15) is 13.2 Å². The zero-order valence-electron chi connectivity index (χ0n) is 16.0. The van der Waals surface area contributed by atoms with Crippen molar-refractivity contribution >= 4 is 17.9 Å². The molecule has 0 aliphatic heterocycles. The molecule has 3 amide bonds. The van der Waals surface area contributed by atoms with Gasteiger partial charge in [0.1, 0.15) is 6.54 Å². The Morgan fingerprint density at radius 3 is 2.07 bits per heavy atom. The molecule has 0 atom stereocenters. The number of imide groups is 1. The van der Waals surface area contributed by atoms with Gasteiger partial charge in [-0.15, -0.1) is 0 Å². The molecule has 1 aromatic carbocycles. The van der Waals surface area contributed by atoms with Gasteiger partial charge in [-0.3, -0.25) is 14.9 Å². The number of rotatable bonds is 9. The SMILES string of the molecule is COc1cc(CCC(=O)OCC(=O)NC(=O)NCC(F)(F)F)cc(OC)c1OC. The molecule has 0 aliphatic rings. The number of urea groups is 1. The summed E-state index contributed by atoms with van der Waals surface area (Å²) in [4.78, 5) is 34.3. The molecular weight excluding hydrogens is 401 g/mol. The van der Waals surface area contributed by atoms with E-state index in [1.165, 1.54) is 26.6 Å². The summed E-state index contributed by atoms with van der Waals surface area (Å²) in [6.07, 6.45) is -4.49. The van der Waals surface area contributed by atoms with Crippen LogP contribution in [0.1, 0.15) is 12.0 Å². The van der Waals surface area contributed by atoms with E-state index < -0.39 is 37.2 Å².